The van der Waals surface area contributed by atoms with Crippen LogP contribution in [0.3, 0.4) is 0 Å². The smallest absolute Gasteiger partial charge is 0.378 e. The second kappa shape index (κ2) is 10.7. The Kier molecular flexibility index (Phi) is 7.06. The van der Waals surface area contributed by atoms with E-state index in [9.17, 15) is 14.9 Å². The van der Waals surface area contributed by atoms with Gasteiger partial charge in [-0.05, 0) is 91.1 Å². The van der Waals surface area contributed by atoms with Gasteiger partial charge in [0, 0.05) is 69.7 Å². The topological polar surface area (TPSA) is 111 Å². The Morgan fingerprint density at radius 2 is 1.70 bits per heavy atom. The first-order valence-electron chi connectivity index (χ1n) is 16.3. The Bertz CT molecular complexity index is 1850. The summed E-state index contributed by atoms with van der Waals surface area (Å²) in [5.74, 6) is -0.200. The van der Waals surface area contributed by atoms with Gasteiger partial charge in [-0.25, -0.2) is 4.79 Å². The van der Waals surface area contributed by atoms with Gasteiger partial charge in [0.25, 0.3) is 5.91 Å². The molecule has 2 aromatic carbocycles. The summed E-state index contributed by atoms with van der Waals surface area (Å²) >= 11 is 0. The van der Waals surface area contributed by atoms with Crippen LogP contribution in [0, 0.1) is 16.7 Å². The normalized spacial score (nSPS) is 26.2. The Labute approximate surface area is 275 Å². The van der Waals surface area contributed by atoms with Gasteiger partial charge in [-0.15, -0.1) is 0 Å². The fourth-order valence-electron chi connectivity index (χ4n) is 8.72. The van der Waals surface area contributed by atoms with E-state index in [1.54, 1.807) is 26.0 Å². The highest BCUT2D eigenvalue weighted by Gasteiger charge is 2.90. The Morgan fingerprint density at radius 3 is 2.28 bits per heavy atom. The van der Waals surface area contributed by atoms with Crippen molar-refractivity contribution >= 4 is 11.6 Å². The molecule has 2 saturated carbocycles. The van der Waals surface area contributed by atoms with Gasteiger partial charge in [-0.3, -0.25) is 4.79 Å². The van der Waals surface area contributed by atoms with Crippen LogP contribution >= 0.6 is 0 Å². The Balaban J connectivity index is 1.30. The number of carbonyl (C=O) groups excluding carboxylic acids is 1. The molecular formula is C37H43N7O3. The van der Waals surface area contributed by atoms with Crippen LogP contribution < -0.4 is 11.1 Å². The van der Waals surface area contributed by atoms with E-state index in [1.165, 1.54) is 17.6 Å². The first-order chi connectivity index (χ1) is 22.4. The van der Waals surface area contributed by atoms with Gasteiger partial charge in [-0.1, -0.05) is 31.4 Å². The van der Waals surface area contributed by atoms with Crippen molar-refractivity contribution in [3.05, 3.63) is 105 Å². The van der Waals surface area contributed by atoms with Crippen molar-refractivity contribution in [2.24, 2.45) is 12.5 Å². The summed E-state index contributed by atoms with van der Waals surface area (Å²) in [5, 5.41) is 13.5. The number of fused-ring (bicyclic) bond motifs is 2. The maximum atomic E-state index is 13.1. The fraction of sp³-hybridized carbons (Fsp3) is 0.459. The molecule has 2 atom stereocenters. The monoisotopic (exact) mass is 633 g/mol. The molecule has 2 unspecified atom stereocenters. The van der Waals surface area contributed by atoms with E-state index in [0.717, 1.165) is 52.1 Å². The average Bonchev–Trinajstić information content (AvgIpc) is 3.76. The van der Waals surface area contributed by atoms with E-state index < -0.39 is 11.2 Å². The first-order valence-corrected chi connectivity index (χ1v) is 16.3. The van der Waals surface area contributed by atoms with E-state index in [1.807, 2.05) is 37.2 Å². The molecule has 1 aromatic heterocycles. The molecule has 244 valence electrons. The van der Waals surface area contributed by atoms with Crippen LogP contribution in [0.2, 0.25) is 0 Å². The van der Waals surface area contributed by atoms with Gasteiger partial charge in [0.2, 0.25) is 0 Å². The molecule has 0 spiro atoms. The standard InChI is InChI=1S/C37H43N7O3/c1-23(44-29(19-38)18-35-21-36(35,44)22-35)20-39-15-14-37(33-40-34(46)47-43(33)7)30-12-10-25(24(2)41(3)4)16-26(30)8-9-27-17-28(11-13-31(27)37)32(45)42(5)6/h10-13,16-17,29,39H,1-2,8-9,14-15,18,20-22H2,3-7H3. The van der Waals surface area contributed by atoms with Crippen LogP contribution in [0.15, 0.2) is 64.6 Å². The number of aryl methyl sites for hydroxylation is 3. The SMILES string of the molecule is C=C(c1ccc2c(c1)CCc1cc(C(=O)N(C)C)ccc1C2(CCNCC(=C)N1C(C#N)CC23CC12C3)c1nc(=O)on1C)N(C)C. The molecule has 2 heterocycles. The van der Waals surface area contributed by atoms with Gasteiger partial charge in [0.05, 0.1) is 11.5 Å². The molecule has 47 heavy (non-hydrogen) atoms. The van der Waals surface area contributed by atoms with E-state index in [4.69, 9.17) is 4.52 Å². The maximum absolute atomic E-state index is 13.1. The lowest BCUT2D eigenvalue weighted by Crippen LogP contribution is -2.42. The summed E-state index contributed by atoms with van der Waals surface area (Å²) < 4.78 is 7.01. The zero-order valence-electron chi connectivity index (χ0n) is 28.0. The number of carbonyl (C=O) groups is 1. The van der Waals surface area contributed by atoms with Gasteiger partial charge in [-0.2, -0.15) is 15.0 Å². The van der Waals surface area contributed by atoms with Crippen molar-refractivity contribution in [2.75, 3.05) is 41.3 Å². The predicted molar refractivity (Wildman–Crippen MR) is 180 cm³/mol. The minimum absolute atomic E-state index is 0.0638. The molecule has 0 bridgehead atoms. The quantitative estimate of drug-likeness (QED) is 0.337. The van der Waals surface area contributed by atoms with Crippen molar-refractivity contribution < 1.29 is 9.32 Å². The third-order valence-corrected chi connectivity index (χ3v) is 11.3. The number of nitrogens with zero attached hydrogens (tertiary/aromatic N) is 6. The number of piperidine rings is 2. The highest BCUT2D eigenvalue weighted by molar-refractivity contribution is 5.94. The number of benzene rings is 2. The first kappa shape index (κ1) is 31.0. The van der Waals surface area contributed by atoms with Crippen molar-refractivity contribution in [3.63, 3.8) is 0 Å². The van der Waals surface area contributed by atoms with E-state index in [-0.39, 0.29) is 17.5 Å². The van der Waals surface area contributed by atoms with Crippen molar-refractivity contribution in [2.45, 2.75) is 55.5 Å². The zero-order valence-corrected chi connectivity index (χ0v) is 28.0. The number of nitriles is 1. The predicted octanol–water partition coefficient (Wildman–Crippen LogP) is 3.66. The summed E-state index contributed by atoms with van der Waals surface area (Å²) in [6, 6.07) is 14.7. The minimum Gasteiger partial charge on any atom is -0.378 e. The Morgan fingerprint density at radius 1 is 1.06 bits per heavy atom. The minimum atomic E-state index is -0.863. The number of hydrogen-bond acceptors (Lipinski definition) is 8. The van der Waals surface area contributed by atoms with Crippen LogP contribution in [0.4, 0.5) is 0 Å². The third-order valence-electron chi connectivity index (χ3n) is 11.3. The van der Waals surface area contributed by atoms with Gasteiger partial charge >= 0.3 is 5.76 Å². The fourth-order valence-corrected chi connectivity index (χ4v) is 8.72. The number of rotatable bonds is 10. The van der Waals surface area contributed by atoms with Crippen molar-refractivity contribution in [1.29, 1.82) is 5.26 Å². The summed E-state index contributed by atoms with van der Waals surface area (Å²) in [6.45, 7) is 9.85. The van der Waals surface area contributed by atoms with Crippen LogP contribution in [-0.4, -0.2) is 83.2 Å². The number of likely N-dealkylation sites (tertiary alicyclic amines) is 1. The van der Waals surface area contributed by atoms with E-state index in [2.05, 4.69) is 52.6 Å². The van der Waals surface area contributed by atoms with E-state index >= 15 is 0 Å². The summed E-state index contributed by atoms with van der Waals surface area (Å²) in [6.07, 6.45) is 5.30. The van der Waals surface area contributed by atoms with Crippen LogP contribution in [0.1, 0.15) is 69.7 Å². The largest absolute Gasteiger partial charge is 0.459 e. The van der Waals surface area contributed by atoms with Gasteiger partial charge in [0.15, 0.2) is 5.82 Å². The molecule has 1 amide bonds. The molecule has 3 fully saturated rings. The summed E-state index contributed by atoms with van der Waals surface area (Å²) in [4.78, 5) is 36.2. The maximum Gasteiger partial charge on any atom is 0.459 e. The molecule has 1 saturated heterocycles. The lowest BCUT2D eigenvalue weighted by atomic mass is 9.69. The molecule has 3 aromatic rings. The van der Waals surface area contributed by atoms with Crippen LogP contribution in [0.25, 0.3) is 5.70 Å². The molecule has 1 N–H and O–H groups in total. The van der Waals surface area contributed by atoms with Crippen molar-refractivity contribution in [1.82, 2.24) is 29.7 Å². The van der Waals surface area contributed by atoms with Gasteiger partial charge in [0.1, 0.15) is 6.04 Å². The summed E-state index contributed by atoms with van der Waals surface area (Å²) in [7, 11) is 9.20. The molecule has 10 heteroatoms. The van der Waals surface area contributed by atoms with Crippen molar-refractivity contribution in [3.8, 4) is 6.07 Å². The summed E-state index contributed by atoms with van der Waals surface area (Å²) in [5.41, 5.74) is 7.38. The number of nitrogens with one attached hydrogen (secondary N) is 1. The molecule has 4 aliphatic rings. The Hall–Kier alpha value is -4.62. The molecule has 1 aliphatic heterocycles. The lowest BCUT2D eigenvalue weighted by molar-refractivity contribution is 0.0827. The highest BCUT2D eigenvalue weighted by Crippen LogP contribution is 2.87. The third kappa shape index (κ3) is 4.58. The van der Waals surface area contributed by atoms with E-state index in [0.29, 0.717) is 42.7 Å². The molecule has 0 radical (unpaired) electrons. The number of amides is 1. The molecule has 7 rings (SSSR count). The molecular weight excluding hydrogens is 590 g/mol. The number of aromatic nitrogens is 2. The van der Waals surface area contributed by atoms with Crippen LogP contribution in [-0.2, 0) is 25.3 Å². The zero-order chi connectivity index (χ0) is 33.5. The molecule has 3 aliphatic carbocycles. The highest BCUT2D eigenvalue weighted by atomic mass is 16.5. The lowest BCUT2D eigenvalue weighted by Gasteiger charge is -2.36. The van der Waals surface area contributed by atoms with Crippen LogP contribution in [0.5, 0.6) is 0 Å². The van der Waals surface area contributed by atoms with Gasteiger partial charge < -0.3 is 24.5 Å². The average molecular weight is 634 g/mol. The molecule has 10 nitrogen and oxygen atoms in total. The second-order valence-corrected chi connectivity index (χ2v) is 14.4. The second-order valence-electron chi connectivity index (χ2n) is 14.4. The number of hydrogen-bond donors (Lipinski definition) is 1.